The van der Waals surface area contributed by atoms with Gasteiger partial charge in [0.1, 0.15) is 0 Å². The van der Waals surface area contributed by atoms with Gasteiger partial charge < -0.3 is 10.6 Å². The van der Waals surface area contributed by atoms with Crippen molar-refractivity contribution in [1.82, 2.24) is 9.21 Å². The lowest BCUT2D eigenvalue weighted by Crippen LogP contribution is -2.53. The molecular weight excluding hydrogens is 418 g/mol. The number of halogens is 5. The van der Waals surface area contributed by atoms with Crippen LogP contribution in [0.3, 0.4) is 0 Å². The lowest BCUT2D eigenvalue weighted by atomic mass is 10.2. The molecule has 1 aromatic carbocycles. The smallest absolute Gasteiger partial charge is 0.339 e. The fraction of sp³-hybridized carbons (Fsp3) is 0.500. The van der Waals surface area contributed by atoms with Crippen molar-refractivity contribution in [2.45, 2.75) is 24.0 Å². The van der Waals surface area contributed by atoms with E-state index in [9.17, 15) is 26.4 Å². The molecule has 0 bridgehead atoms. The van der Waals surface area contributed by atoms with Crippen molar-refractivity contribution in [2.24, 2.45) is 5.73 Å². The Bertz CT molecular complexity index is 764. The summed E-state index contributed by atoms with van der Waals surface area (Å²) in [7, 11) is -4.13. The molecule has 2 N–H and O–H groups in total. The average Bonchev–Trinajstić information content (AvgIpc) is 2.53. The molecule has 0 spiro atoms. The second kappa shape index (κ2) is 8.30. The molecule has 26 heavy (non-hydrogen) atoms. The van der Waals surface area contributed by atoms with E-state index in [1.807, 2.05) is 0 Å². The second-order valence-corrected chi connectivity index (χ2v) is 8.00. The third kappa shape index (κ3) is 4.80. The van der Waals surface area contributed by atoms with Crippen molar-refractivity contribution < 1.29 is 26.4 Å². The third-order valence-corrected chi connectivity index (χ3v) is 6.05. The van der Waals surface area contributed by atoms with Crippen LogP contribution in [0.25, 0.3) is 0 Å². The molecule has 0 aromatic heterocycles. The highest BCUT2D eigenvalue weighted by molar-refractivity contribution is 7.89. The Hall–Kier alpha value is -1.07. The zero-order chi connectivity index (χ0) is 19.0. The molecule has 1 aliphatic heterocycles. The zero-order valence-electron chi connectivity index (χ0n) is 13.7. The maximum absolute atomic E-state index is 12.9. The van der Waals surface area contributed by atoms with E-state index in [0.29, 0.717) is 6.07 Å². The van der Waals surface area contributed by atoms with Gasteiger partial charge in [-0.15, -0.1) is 12.4 Å². The highest BCUT2D eigenvalue weighted by Crippen LogP contribution is 2.36. The molecule has 6 nitrogen and oxygen atoms in total. The molecular formula is C14H18Cl2F3N3O3S. The summed E-state index contributed by atoms with van der Waals surface area (Å²) in [5, 5.41) is -0.571. The van der Waals surface area contributed by atoms with Crippen LogP contribution >= 0.6 is 24.0 Å². The highest BCUT2D eigenvalue weighted by atomic mass is 35.5. The van der Waals surface area contributed by atoms with Gasteiger partial charge in [0.25, 0.3) is 0 Å². The Balaban J connectivity index is 0.00000338. The van der Waals surface area contributed by atoms with Crippen LogP contribution in [0.2, 0.25) is 5.02 Å². The Morgan fingerprint density at radius 2 is 1.77 bits per heavy atom. The Labute approximate surface area is 160 Å². The number of carbonyl (C=O) groups excluding carboxylic acids is 1. The summed E-state index contributed by atoms with van der Waals surface area (Å²) < 4.78 is 65.0. The lowest BCUT2D eigenvalue weighted by Gasteiger charge is -2.34. The first-order valence-electron chi connectivity index (χ1n) is 7.36. The fourth-order valence-corrected chi connectivity index (χ4v) is 4.14. The number of amides is 1. The minimum atomic E-state index is -4.76. The summed E-state index contributed by atoms with van der Waals surface area (Å²) >= 11 is 5.52. The third-order valence-electron chi connectivity index (χ3n) is 3.82. The maximum Gasteiger partial charge on any atom is 0.417 e. The van der Waals surface area contributed by atoms with Crippen LogP contribution in [0.5, 0.6) is 0 Å². The van der Waals surface area contributed by atoms with Gasteiger partial charge in [0, 0.05) is 26.2 Å². The van der Waals surface area contributed by atoms with Gasteiger partial charge in [0.2, 0.25) is 15.9 Å². The molecule has 0 aliphatic carbocycles. The molecule has 0 radical (unpaired) electrons. The lowest BCUT2D eigenvalue weighted by molar-refractivity contribution is -0.137. The topological polar surface area (TPSA) is 83.7 Å². The first-order chi connectivity index (χ1) is 11.4. The van der Waals surface area contributed by atoms with Crippen molar-refractivity contribution in [1.29, 1.82) is 0 Å². The quantitative estimate of drug-likeness (QED) is 0.786. The maximum atomic E-state index is 12.9. The summed E-state index contributed by atoms with van der Waals surface area (Å²) in [6, 6.07) is 1.77. The van der Waals surface area contributed by atoms with E-state index >= 15 is 0 Å². The number of alkyl halides is 3. The van der Waals surface area contributed by atoms with Gasteiger partial charge in [-0.05, 0) is 25.1 Å². The van der Waals surface area contributed by atoms with Crippen LogP contribution in [-0.2, 0) is 21.0 Å². The van der Waals surface area contributed by atoms with Gasteiger partial charge in [0.15, 0.2) is 0 Å². The molecule has 1 fully saturated rings. The predicted molar refractivity (Wildman–Crippen MR) is 92.7 cm³/mol. The van der Waals surface area contributed by atoms with Crippen molar-refractivity contribution in [2.75, 3.05) is 26.2 Å². The molecule has 1 atom stereocenters. The number of nitrogens with two attached hydrogens (primary N) is 1. The van der Waals surface area contributed by atoms with Gasteiger partial charge in [-0.25, -0.2) is 8.42 Å². The van der Waals surface area contributed by atoms with Gasteiger partial charge in [0.05, 0.1) is 21.5 Å². The summed E-state index contributed by atoms with van der Waals surface area (Å²) in [5.41, 5.74) is 4.30. The minimum absolute atomic E-state index is 0. The van der Waals surface area contributed by atoms with Crippen molar-refractivity contribution >= 4 is 39.9 Å². The summed E-state index contributed by atoms with van der Waals surface area (Å²) in [6.45, 7) is 1.73. The van der Waals surface area contributed by atoms with Crippen molar-refractivity contribution in [3.05, 3.63) is 28.8 Å². The van der Waals surface area contributed by atoms with Gasteiger partial charge in [-0.2, -0.15) is 17.5 Å². The van der Waals surface area contributed by atoms with Crippen LogP contribution in [0.4, 0.5) is 13.2 Å². The fourth-order valence-electron chi connectivity index (χ4n) is 2.47. The number of rotatable bonds is 3. The number of hydrogen-bond donors (Lipinski definition) is 1. The monoisotopic (exact) mass is 435 g/mol. The second-order valence-electron chi connectivity index (χ2n) is 5.66. The molecule has 12 heteroatoms. The first kappa shape index (κ1) is 23.0. The van der Waals surface area contributed by atoms with Crippen LogP contribution in [0.15, 0.2) is 23.1 Å². The van der Waals surface area contributed by atoms with Gasteiger partial charge in [-0.3, -0.25) is 4.79 Å². The number of nitrogens with zero attached hydrogens (tertiary/aromatic N) is 2. The number of hydrogen-bond acceptors (Lipinski definition) is 4. The molecule has 1 aliphatic rings. The number of carbonyl (C=O) groups is 1. The summed E-state index contributed by atoms with van der Waals surface area (Å²) in [5.74, 6) is -0.303. The summed E-state index contributed by atoms with van der Waals surface area (Å²) in [4.78, 5) is 12.8. The van der Waals surface area contributed by atoms with Crippen LogP contribution in [-0.4, -0.2) is 55.8 Å². The standard InChI is InChI=1S/C14H17ClF3N3O3S.ClH/c1-9(19)13(22)20-4-6-21(7-5-20)25(23,24)10-2-3-12(15)11(8-10)14(16,17)18;/h2-3,8-9H,4-7,19H2,1H3;1H/t9-;/m1./s1. The van der Waals surface area contributed by atoms with Crippen molar-refractivity contribution in [3.63, 3.8) is 0 Å². The molecule has 0 saturated carbocycles. The molecule has 1 heterocycles. The molecule has 1 amide bonds. The Morgan fingerprint density at radius 3 is 2.23 bits per heavy atom. The van der Waals surface area contributed by atoms with E-state index in [-0.39, 0.29) is 44.5 Å². The number of piperazine rings is 1. The van der Waals surface area contributed by atoms with Gasteiger partial charge >= 0.3 is 6.18 Å². The van der Waals surface area contributed by atoms with E-state index in [0.717, 1.165) is 16.4 Å². The van der Waals surface area contributed by atoms with E-state index in [4.69, 9.17) is 17.3 Å². The Kier molecular flexibility index (Phi) is 7.33. The molecule has 1 saturated heterocycles. The molecule has 1 aromatic rings. The highest BCUT2D eigenvalue weighted by Gasteiger charge is 2.36. The van der Waals surface area contributed by atoms with Crippen LogP contribution < -0.4 is 5.73 Å². The zero-order valence-corrected chi connectivity index (χ0v) is 16.1. The van der Waals surface area contributed by atoms with Crippen LogP contribution in [0.1, 0.15) is 12.5 Å². The van der Waals surface area contributed by atoms with Crippen LogP contribution in [0, 0.1) is 0 Å². The molecule has 148 valence electrons. The van der Waals surface area contributed by atoms with E-state index in [1.165, 1.54) is 11.8 Å². The van der Waals surface area contributed by atoms with Crippen molar-refractivity contribution in [3.8, 4) is 0 Å². The minimum Gasteiger partial charge on any atom is -0.339 e. The van der Waals surface area contributed by atoms with E-state index < -0.39 is 37.7 Å². The first-order valence-corrected chi connectivity index (χ1v) is 9.17. The molecule has 0 unspecified atom stereocenters. The van der Waals surface area contributed by atoms with E-state index in [2.05, 4.69) is 0 Å². The van der Waals surface area contributed by atoms with E-state index in [1.54, 1.807) is 0 Å². The molecule has 2 rings (SSSR count). The van der Waals surface area contributed by atoms with Gasteiger partial charge in [-0.1, -0.05) is 11.6 Å². The number of benzene rings is 1. The SMILES string of the molecule is C[C@@H](N)C(=O)N1CCN(S(=O)(=O)c2ccc(Cl)c(C(F)(F)F)c2)CC1.Cl. The predicted octanol–water partition coefficient (Wildman–Crippen LogP) is 1.96. The summed E-state index contributed by atoms with van der Waals surface area (Å²) in [6.07, 6.45) is -4.76. The number of sulfonamides is 1. The normalized spacial score (nSPS) is 17.5. The Morgan fingerprint density at radius 1 is 1.23 bits per heavy atom. The largest absolute Gasteiger partial charge is 0.417 e. The average molecular weight is 436 g/mol.